The summed E-state index contributed by atoms with van der Waals surface area (Å²) in [6.07, 6.45) is 21.0. The zero-order valence-corrected chi connectivity index (χ0v) is 8.97. The van der Waals surface area contributed by atoms with Gasteiger partial charge in [-0.3, -0.25) is 0 Å². The summed E-state index contributed by atoms with van der Waals surface area (Å²) in [5.41, 5.74) is 0. The normalized spacial score (nSPS) is 21.8. The average molecular weight is 247 g/mol. The molecular weight excluding hydrogens is 239 g/mol. The second kappa shape index (κ2) is 8.89. The third kappa shape index (κ3) is 7.17. The van der Waals surface area contributed by atoms with Crippen molar-refractivity contribution >= 4 is 23.9 Å². The Balaban J connectivity index is 0.000000167. The van der Waals surface area contributed by atoms with Crippen LogP contribution in [0.15, 0.2) is 0 Å². The topological polar surface area (TPSA) is 0 Å². The SMILES string of the molecule is [C-]1[CH][CH][CH][CH]1.[C-]1[CH][CH][CH][CH]1.[Sn+2]. The van der Waals surface area contributed by atoms with Gasteiger partial charge in [-0.05, 0) is 0 Å². The fourth-order valence-corrected chi connectivity index (χ4v) is 0.556. The first-order valence-corrected chi connectivity index (χ1v) is 3.15. The van der Waals surface area contributed by atoms with Crippen LogP contribution in [0.2, 0.25) is 0 Å². The van der Waals surface area contributed by atoms with Crippen molar-refractivity contribution in [1.29, 1.82) is 0 Å². The molecule has 2 aliphatic rings. The van der Waals surface area contributed by atoms with Crippen LogP contribution in [0.1, 0.15) is 0 Å². The van der Waals surface area contributed by atoms with E-state index in [1.807, 2.05) is 51.4 Å². The molecule has 0 N–H and O–H groups in total. The van der Waals surface area contributed by atoms with Crippen molar-refractivity contribution in [2.45, 2.75) is 0 Å². The molecule has 0 spiro atoms. The van der Waals surface area contributed by atoms with Crippen molar-refractivity contribution in [2.75, 3.05) is 0 Å². The summed E-state index contributed by atoms with van der Waals surface area (Å²) in [6, 6.07) is 0. The second-order valence-corrected chi connectivity index (χ2v) is 1.77. The minimum atomic E-state index is 0. The van der Waals surface area contributed by atoms with E-state index in [9.17, 15) is 0 Å². The first-order valence-electron chi connectivity index (χ1n) is 3.15. The van der Waals surface area contributed by atoms with Gasteiger partial charge in [0.15, 0.2) is 0 Å². The Bertz CT molecular complexity index is 38.1. The second-order valence-electron chi connectivity index (χ2n) is 1.77. The molecular formula is C10H8Sn. The van der Waals surface area contributed by atoms with Crippen LogP contribution in [0.4, 0.5) is 0 Å². The fourth-order valence-electron chi connectivity index (χ4n) is 0.556. The summed E-state index contributed by atoms with van der Waals surface area (Å²) >= 11 is 0. The Hall–Kier alpha value is 0.799. The van der Waals surface area contributed by atoms with E-state index in [1.54, 1.807) is 0 Å². The molecule has 11 heavy (non-hydrogen) atoms. The van der Waals surface area contributed by atoms with Crippen LogP contribution in [0.3, 0.4) is 0 Å². The first kappa shape index (κ1) is 11.8. The Morgan fingerprint density at radius 3 is 0.909 bits per heavy atom. The molecule has 2 saturated carbocycles. The van der Waals surface area contributed by atoms with Crippen LogP contribution < -0.4 is 0 Å². The van der Waals surface area contributed by atoms with E-state index in [-0.39, 0.29) is 23.9 Å². The predicted octanol–water partition coefficient (Wildman–Crippen LogP) is 1.42. The van der Waals surface area contributed by atoms with Crippen molar-refractivity contribution in [1.82, 2.24) is 0 Å². The maximum Gasteiger partial charge on any atom is 2.00 e. The predicted molar refractivity (Wildman–Crippen MR) is 46.6 cm³/mol. The molecule has 2 rings (SSSR count). The van der Waals surface area contributed by atoms with Crippen LogP contribution in [-0.2, 0) is 0 Å². The molecule has 0 nitrogen and oxygen atoms in total. The van der Waals surface area contributed by atoms with Gasteiger partial charge in [0.2, 0.25) is 0 Å². The monoisotopic (exact) mass is 248 g/mol. The van der Waals surface area contributed by atoms with Gasteiger partial charge < -0.3 is 12.8 Å². The van der Waals surface area contributed by atoms with Crippen molar-refractivity contribution in [3.63, 3.8) is 0 Å². The zero-order valence-electron chi connectivity index (χ0n) is 6.12. The van der Waals surface area contributed by atoms with E-state index in [2.05, 4.69) is 12.8 Å². The summed E-state index contributed by atoms with van der Waals surface area (Å²) in [5, 5.41) is 0. The number of hydrogen-bond donors (Lipinski definition) is 0. The molecule has 0 aromatic carbocycles. The molecule has 0 atom stereocenters. The van der Waals surface area contributed by atoms with Gasteiger partial charge in [0, 0.05) is 0 Å². The van der Waals surface area contributed by atoms with Gasteiger partial charge in [0.25, 0.3) is 0 Å². The third-order valence-corrected chi connectivity index (χ3v) is 0.992. The van der Waals surface area contributed by atoms with E-state index in [4.69, 9.17) is 0 Å². The Labute approximate surface area is 88.1 Å². The molecule has 0 aliphatic heterocycles. The van der Waals surface area contributed by atoms with Gasteiger partial charge in [0.1, 0.15) is 0 Å². The summed E-state index contributed by atoms with van der Waals surface area (Å²) in [7, 11) is 0. The van der Waals surface area contributed by atoms with Crippen molar-refractivity contribution in [3.8, 4) is 0 Å². The Kier molecular flexibility index (Phi) is 9.54. The van der Waals surface area contributed by atoms with E-state index < -0.39 is 0 Å². The van der Waals surface area contributed by atoms with Gasteiger partial charge in [-0.1, -0.05) is 25.7 Å². The van der Waals surface area contributed by atoms with Gasteiger partial charge in [-0.15, -0.1) is 0 Å². The van der Waals surface area contributed by atoms with Crippen molar-refractivity contribution < 1.29 is 0 Å². The molecule has 2 fully saturated rings. The zero-order chi connectivity index (χ0) is 7.07. The summed E-state index contributed by atoms with van der Waals surface area (Å²) in [5.74, 6) is 0. The van der Waals surface area contributed by atoms with Crippen LogP contribution in [0.25, 0.3) is 0 Å². The molecule has 0 aromatic rings. The number of rotatable bonds is 0. The fraction of sp³-hybridized carbons (Fsp3) is 0. The number of hydrogen-bond acceptors (Lipinski definition) is 0. The van der Waals surface area contributed by atoms with Crippen LogP contribution >= 0.6 is 0 Å². The van der Waals surface area contributed by atoms with E-state index in [0.717, 1.165) is 0 Å². The van der Waals surface area contributed by atoms with Gasteiger partial charge >= 0.3 is 23.9 Å². The largest absolute Gasteiger partial charge is 2.00 e. The first-order chi connectivity index (χ1) is 5.00. The molecule has 12 radical (unpaired) electrons. The van der Waals surface area contributed by atoms with Crippen LogP contribution in [0, 0.1) is 64.2 Å². The molecule has 1 heteroatoms. The van der Waals surface area contributed by atoms with Crippen LogP contribution in [-0.4, -0.2) is 23.9 Å². The van der Waals surface area contributed by atoms with E-state index >= 15 is 0 Å². The summed E-state index contributed by atoms with van der Waals surface area (Å²) in [4.78, 5) is 0. The quantitative estimate of drug-likeness (QED) is 0.448. The molecule has 52 valence electrons. The average Bonchev–Trinajstić information content (AvgIpc) is 2.67. The Morgan fingerprint density at radius 2 is 0.818 bits per heavy atom. The van der Waals surface area contributed by atoms with E-state index in [1.165, 1.54) is 0 Å². The maximum atomic E-state index is 2.86. The van der Waals surface area contributed by atoms with Gasteiger partial charge in [-0.25, -0.2) is 25.7 Å². The molecule has 0 heterocycles. The molecule has 0 unspecified atom stereocenters. The van der Waals surface area contributed by atoms with E-state index in [0.29, 0.717) is 0 Å². The Morgan fingerprint density at radius 1 is 0.545 bits per heavy atom. The minimum Gasteiger partial charge on any atom is -0.474 e. The smallest absolute Gasteiger partial charge is 0.474 e. The maximum absolute atomic E-state index is 2.86. The molecule has 0 aromatic heterocycles. The van der Waals surface area contributed by atoms with Crippen molar-refractivity contribution in [3.05, 3.63) is 64.2 Å². The van der Waals surface area contributed by atoms with Gasteiger partial charge in [-0.2, -0.15) is 0 Å². The summed E-state index contributed by atoms with van der Waals surface area (Å²) in [6.45, 7) is 0. The standard InChI is InChI=1S/2C5H4.Sn/c2*1-2-4-5-3-1;/h2*1-4H;/q2*-1;+2. The molecule has 0 bridgehead atoms. The van der Waals surface area contributed by atoms with Gasteiger partial charge in [0.05, 0.1) is 0 Å². The van der Waals surface area contributed by atoms with Crippen molar-refractivity contribution in [2.24, 2.45) is 0 Å². The minimum absolute atomic E-state index is 0. The molecule has 0 amide bonds. The van der Waals surface area contributed by atoms with Crippen LogP contribution in [0.5, 0.6) is 0 Å². The summed E-state index contributed by atoms with van der Waals surface area (Å²) < 4.78 is 0. The third-order valence-electron chi connectivity index (χ3n) is 0.992. The molecule has 0 saturated heterocycles. The molecule has 2 aliphatic carbocycles.